The van der Waals surface area contributed by atoms with E-state index in [1.165, 1.54) is 16.7 Å². The predicted molar refractivity (Wildman–Crippen MR) is 78.2 cm³/mol. The highest BCUT2D eigenvalue weighted by Gasteiger charge is 2.30. The molecule has 0 saturated heterocycles. The standard InChI is InChI=1S/C16H24N2O/c1-11(2)12-6-7-13-9-15(16(19)17(3)4)18(5)10-14(13)8-12/h6-8,11,15H,9-10H2,1-5H3. The average molecular weight is 260 g/mol. The maximum Gasteiger partial charge on any atom is 0.239 e. The number of hydrogen-bond donors (Lipinski definition) is 0. The molecule has 3 nitrogen and oxygen atoms in total. The molecule has 1 aliphatic heterocycles. The molecule has 1 aromatic rings. The van der Waals surface area contributed by atoms with Gasteiger partial charge in [-0.2, -0.15) is 0 Å². The molecule has 0 radical (unpaired) electrons. The van der Waals surface area contributed by atoms with Crippen LogP contribution in [0.15, 0.2) is 18.2 Å². The van der Waals surface area contributed by atoms with E-state index in [1.807, 2.05) is 21.1 Å². The first-order chi connectivity index (χ1) is 8.90. The molecular weight excluding hydrogens is 236 g/mol. The highest BCUT2D eigenvalue weighted by atomic mass is 16.2. The maximum absolute atomic E-state index is 12.2. The first-order valence-electron chi connectivity index (χ1n) is 6.93. The molecule has 1 aromatic carbocycles. The van der Waals surface area contributed by atoms with E-state index in [-0.39, 0.29) is 11.9 Å². The van der Waals surface area contributed by atoms with Crippen LogP contribution in [0.5, 0.6) is 0 Å². The largest absolute Gasteiger partial charge is 0.347 e. The number of nitrogens with zero attached hydrogens (tertiary/aromatic N) is 2. The van der Waals surface area contributed by atoms with Gasteiger partial charge in [-0.1, -0.05) is 32.0 Å². The van der Waals surface area contributed by atoms with Crippen molar-refractivity contribution in [2.24, 2.45) is 0 Å². The van der Waals surface area contributed by atoms with Crippen molar-refractivity contribution in [2.75, 3.05) is 21.1 Å². The van der Waals surface area contributed by atoms with E-state index in [4.69, 9.17) is 0 Å². The van der Waals surface area contributed by atoms with Crippen molar-refractivity contribution in [3.05, 3.63) is 34.9 Å². The molecule has 1 aliphatic rings. The topological polar surface area (TPSA) is 23.6 Å². The normalized spacial score (nSPS) is 19.4. The van der Waals surface area contributed by atoms with Gasteiger partial charge in [-0.15, -0.1) is 0 Å². The van der Waals surface area contributed by atoms with Gasteiger partial charge in [0.1, 0.15) is 0 Å². The molecule has 1 amide bonds. The smallest absolute Gasteiger partial charge is 0.239 e. The van der Waals surface area contributed by atoms with E-state index in [9.17, 15) is 4.79 Å². The van der Waals surface area contributed by atoms with Gasteiger partial charge < -0.3 is 4.90 Å². The van der Waals surface area contributed by atoms with Crippen LogP contribution in [-0.2, 0) is 17.8 Å². The van der Waals surface area contributed by atoms with Crippen LogP contribution in [0, 0.1) is 0 Å². The number of benzene rings is 1. The Morgan fingerprint density at radius 2 is 2.00 bits per heavy atom. The molecule has 0 N–H and O–H groups in total. The molecule has 1 atom stereocenters. The third kappa shape index (κ3) is 2.81. The summed E-state index contributed by atoms with van der Waals surface area (Å²) >= 11 is 0. The number of carbonyl (C=O) groups is 1. The first-order valence-corrected chi connectivity index (χ1v) is 6.93. The fourth-order valence-electron chi connectivity index (χ4n) is 2.67. The summed E-state index contributed by atoms with van der Waals surface area (Å²) < 4.78 is 0. The van der Waals surface area contributed by atoms with Crippen LogP contribution in [0.1, 0.15) is 36.5 Å². The van der Waals surface area contributed by atoms with Crippen molar-refractivity contribution in [3.8, 4) is 0 Å². The fourth-order valence-corrected chi connectivity index (χ4v) is 2.67. The number of likely N-dealkylation sites (N-methyl/N-ethyl adjacent to an activating group) is 2. The van der Waals surface area contributed by atoms with Crippen LogP contribution >= 0.6 is 0 Å². The number of hydrogen-bond acceptors (Lipinski definition) is 2. The van der Waals surface area contributed by atoms with E-state index in [0.717, 1.165) is 13.0 Å². The van der Waals surface area contributed by atoms with Gasteiger partial charge >= 0.3 is 0 Å². The monoisotopic (exact) mass is 260 g/mol. The van der Waals surface area contributed by atoms with Gasteiger partial charge in [0, 0.05) is 20.6 Å². The van der Waals surface area contributed by atoms with Gasteiger partial charge in [-0.3, -0.25) is 9.69 Å². The Hall–Kier alpha value is -1.35. The molecule has 0 bridgehead atoms. The van der Waals surface area contributed by atoms with Gasteiger partial charge in [-0.05, 0) is 36.1 Å². The van der Waals surface area contributed by atoms with E-state index in [0.29, 0.717) is 5.92 Å². The lowest BCUT2D eigenvalue weighted by Crippen LogP contribution is -2.48. The van der Waals surface area contributed by atoms with Gasteiger partial charge in [-0.25, -0.2) is 0 Å². The third-order valence-corrected chi connectivity index (χ3v) is 3.99. The summed E-state index contributed by atoms with van der Waals surface area (Å²) in [5.41, 5.74) is 4.07. The molecule has 0 aliphatic carbocycles. The van der Waals surface area contributed by atoms with Crippen molar-refractivity contribution in [2.45, 2.75) is 38.8 Å². The van der Waals surface area contributed by atoms with Crippen LogP contribution < -0.4 is 0 Å². The molecule has 1 unspecified atom stereocenters. The summed E-state index contributed by atoms with van der Waals surface area (Å²) in [6.07, 6.45) is 0.821. The van der Waals surface area contributed by atoms with Crippen LogP contribution in [0.25, 0.3) is 0 Å². The van der Waals surface area contributed by atoms with Crippen molar-refractivity contribution in [1.82, 2.24) is 9.80 Å². The van der Waals surface area contributed by atoms with Gasteiger partial charge in [0.25, 0.3) is 0 Å². The number of rotatable bonds is 2. The third-order valence-electron chi connectivity index (χ3n) is 3.99. The summed E-state index contributed by atoms with van der Waals surface area (Å²) in [6.45, 7) is 5.29. The zero-order valence-electron chi connectivity index (χ0n) is 12.6. The number of amides is 1. The van der Waals surface area contributed by atoms with Crippen LogP contribution in [-0.4, -0.2) is 42.9 Å². The summed E-state index contributed by atoms with van der Waals surface area (Å²) in [7, 11) is 5.69. The molecule has 1 heterocycles. The Labute approximate surface area is 116 Å². The lowest BCUT2D eigenvalue weighted by atomic mass is 9.90. The zero-order chi connectivity index (χ0) is 14.2. The van der Waals surface area contributed by atoms with E-state index in [1.54, 1.807) is 4.90 Å². The molecule has 2 rings (SSSR count). The lowest BCUT2D eigenvalue weighted by Gasteiger charge is -2.34. The van der Waals surface area contributed by atoms with Crippen molar-refractivity contribution < 1.29 is 4.79 Å². The van der Waals surface area contributed by atoms with Crippen molar-refractivity contribution in [1.29, 1.82) is 0 Å². The van der Waals surface area contributed by atoms with E-state index in [2.05, 4.69) is 36.9 Å². The molecule has 0 spiro atoms. The van der Waals surface area contributed by atoms with Crippen molar-refractivity contribution in [3.63, 3.8) is 0 Å². The predicted octanol–water partition coefficient (Wildman–Crippen LogP) is 2.25. The van der Waals surface area contributed by atoms with Crippen LogP contribution in [0.4, 0.5) is 0 Å². The number of carbonyl (C=O) groups excluding carboxylic acids is 1. The first kappa shape index (κ1) is 14.1. The van der Waals surface area contributed by atoms with Gasteiger partial charge in [0.2, 0.25) is 5.91 Å². The molecule has 19 heavy (non-hydrogen) atoms. The Bertz CT molecular complexity index is 480. The van der Waals surface area contributed by atoms with Gasteiger partial charge in [0.05, 0.1) is 6.04 Å². The summed E-state index contributed by atoms with van der Waals surface area (Å²) in [5.74, 6) is 0.748. The van der Waals surface area contributed by atoms with E-state index >= 15 is 0 Å². The van der Waals surface area contributed by atoms with Crippen LogP contribution in [0.2, 0.25) is 0 Å². The Balaban J connectivity index is 2.27. The second-order valence-corrected chi connectivity index (χ2v) is 6.05. The minimum absolute atomic E-state index is 0.0209. The molecule has 3 heteroatoms. The minimum atomic E-state index is -0.0209. The highest BCUT2D eigenvalue weighted by Crippen LogP contribution is 2.26. The Kier molecular flexibility index (Phi) is 3.95. The lowest BCUT2D eigenvalue weighted by molar-refractivity contribution is -0.134. The van der Waals surface area contributed by atoms with Crippen molar-refractivity contribution >= 4 is 5.91 Å². The zero-order valence-corrected chi connectivity index (χ0v) is 12.6. The molecular formula is C16H24N2O. The molecule has 104 valence electrons. The quantitative estimate of drug-likeness (QED) is 0.814. The van der Waals surface area contributed by atoms with E-state index < -0.39 is 0 Å². The second-order valence-electron chi connectivity index (χ2n) is 6.05. The molecule has 0 fully saturated rings. The average Bonchev–Trinajstić information content (AvgIpc) is 2.36. The van der Waals surface area contributed by atoms with Crippen LogP contribution in [0.3, 0.4) is 0 Å². The summed E-state index contributed by atoms with van der Waals surface area (Å²) in [6, 6.07) is 6.68. The summed E-state index contributed by atoms with van der Waals surface area (Å²) in [4.78, 5) is 16.0. The maximum atomic E-state index is 12.2. The minimum Gasteiger partial charge on any atom is -0.347 e. The fraction of sp³-hybridized carbons (Fsp3) is 0.562. The second kappa shape index (κ2) is 5.33. The molecule has 0 aromatic heterocycles. The molecule has 0 saturated carbocycles. The highest BCUT2D eigenvalue weighted by molar-refractivity contribution is 5.82. The summed E-state index contributed by atoms with van der Waals surface area (Å²) in [5, 5.41) is 0. The SMILES string of the molecule is CC(C)c1ccc2c(c1)CN(C)C(C(=O)N(C)C)C2. The Morgan fingerprint density at radius 3 is 2.58 bits per heavy atom. The number of fused-ring (bicyclic) bond motifs is 1. The van der Waals surface area contributed by atoms with Gasteiger partial charge in [0.15, 0.2) is 0 Å². The Morgan fingerprint density at radius 1 is 1.32 bits per heavy atom.